The van der Waals surface area contributed by atoms with Gasteiger partial charge in [-0.05, 0) is 57.2 Å². The van der Waals surface area contributed by atoms with Crippen molar-refractivity contribution in [3.63, 3.8) is 0 Å². The van der Waals surface area contributed by atoms with Crippen molar-refractivity contribution in [3.8, 4) is 11.5 Å². The number of nitrogens with one attached hydrogen (secondary N) is 1. The van der Waals surface area contributed by atoms with Crippen LogP contribution in [0.25, 0.3) is 0 Å². The highest BCUT2D eigenvalue weighted by Gasteiger charge is 2.20. The normalized spacial score (nSPS) is 11.6. The van der Waals surface area contributed by atoms with E-state index in [4.69, 9.17) is 14.2 Å². The fraction of sp³-hybridized carbons (Fsp3) is 0.300. The Balaban J connectivity index is 2.04. The van der Waals surface area contributed by atoms with Gasteiger partial charge in [0.1, 0.15) is 5.82 Å². The number of amides is 1. The molecule has 0 aliphatic rings. The first-order chi connectivity index (χ1) is 12.8. The van der Waals surface area contributed by atoms with Gasteiger partial charge in [0.25, 0.3) is 5.91 Å². The van der Waals surface area contributed by atoms with Crippen molar-refractivity contribution in [3.05, 3.63) is 53.8 Å². The van der Waals surface area contributed by atoms with E-state index >= 15 is 0 Å². The molecule has 1 atom stereocenters. The first kappa shape index (κ1) is 20.2. The van der Waals surface area contributed by atoms with Gasteiger partial charge in [-0.15, -0.1) is 0 Å². The van der Waals surface area contributed by atoms with Crippen LogP contribution in [0.1, 0.15) is 31.1 Å². The number of esters is 1. The van der Waals surface area contributed by atoms with Crippen molar-refractivity contribution in [1.82, 2.24) is 0 Å². The van der Waals surface area contributed by atoms with E-state index in [1.54, 1.807) is 6.07 Å². The second-order valence-electron chi connectivity index (χ2n) is 6.08. The number of hydrogen-bond donors (Lipinski definition) is 1. The lowest BCUT2D eigenvalue weighted by molar-refractivity contribution is -0.123. The number of carbonyl (C=O) groups is 2. The van der Waals surface area contributed by atoms with Gasteiger partial charge in [-0.3, -0.25) is 4.79 Å². The van der Waals surface area contributed by atoms with Crippen LogP contribution in [0, 0.1) is 5.82 Å². The molecule has 0 aliphatic heterocycles. The molecule has 1 amide bonds. The number of rotatable bonds is 7. The van der Waals surface area contributed by atoms with Crippen LogP contribution in [0.5, 0.6) is 11.5 Å². The van der Waals surface area contributed by atoms with Crippen LogP contribution in [0.15, 0.2) is 42.5 Å². The van der Waals surface area contributed by atoms with E-state index in [-0.39, 0.29) is 17.4 Å². The van der Waals surface area contributed by atoms with Crippen LogP contribution in [0.3, 0.4) is 0 Å². The number of ether oxygens (including phenoxy) is 3. The molecule has 0 heterocycles. The van der Waals surface area contributed by atoms with Gasteiger partial charge in [-0.25, -0.2) is 9.18 Å². The zero-order valence-electron chi connectivity index (χ0n) is 15.6. The van der Waals surface area contributed by atoms with Crippen molar-refractivity contribution in [1.29, 1.82) is 0 Å². The second kappa shape index (κ2) is 9.02. The summed E-state index contributed by atoms with van der Waals surface area (Å²) in [5.74, 6) is -0.851. The van der Waals surface area contributed by atoms with E-state index in [1.807, 2.05) is 13.8 Å². The number of carbonyl (C=O) groups excluding carboxylic acids is 2. The van der Waals surface area contributed by atoms with E-state index in [9.17, 15) is 14.0 Å². The largest absolute Gasteiger partial charge is 0.493 e. The topological polar surface area (TPSA) is 73.9 Å². The van der Waals surface area contributed by atoms with Crippen molar-refractivity contribution >= 4 is 17.6 Å². The monoisotopic (exact) mass is 375 g/mol. The predicted molar refractivity (Wildman–Crippen MR) is 98.7 cm³/mol. The fourth-order valence-electron chi connectivity index (χ4n) is 2.24. The lowest BCUT2D eigenvalue weighted by Crippen LogP contribution is -2.30. The van der Waals surface area contributed by atoms with Gasteiger partial charge in [0.2, 0.25) is 0 Å². The van der Waals surface area contributed by atoms with Crippen molar-refractivity contribution in [2.24, 2.45) is 0 Å². The molecule has 27 heavy (non-hydrogen) atoms. The van der Waals surface area contributed by atoms with Gasteiger partial charge in [0.05, 0.1) is 18.8 Å². The zero-order valence-corrected chi connectivity index (χ0v) is 15.6. The smallest absolute Gasteiger partial charge is 0.339 e. The predicted octanol–water partition coefficient (Wildman–Crippen LogP) is 3.81. The average Bonchev–Trinajstić information content (AvgIpc) is 2.61. The molecule has 2 rings (SSSR count). The molecule has 0 bridgehead atoms. The molecule has 0 saturated heterocycles. The van der Waals surface area contributed by atoms with Crippen molar-refractivity contribution in [2.45, 2.75) is 33.0 Å². The summed E-state index contributed by atoms with van der Waals surface area (Å²) >= 11 is 0. The molecule has 1 unspecified atom stereocenters. The lowest BCUT2D eigenvalue weighted by atomic mass is 10.2. The van der Waals surface area contributed by atoms with Crippen LogP contribution in [-0.4, -0.2) is 31.2 Å². The van der Waals surface area contributed by atoms with Gasteiger partial charge in [0, 0.05) is 5.69 Å². The van der Waals surface area contributed by atoms with Crippen LogP contribution >= 0.6 is 0 Å². The second-order valence-corrected chi connectivity index (χ2v) is 6.08. The van der Waals surface area contributed by atoms with Gasteiger partial charge in [-0.1, -0.05) is 6.07 Å². The Morgan fingerprint density at radius 3 is 2.41 bits per heavy atom. The number of methoxy groups -OCH3 is 1. The Morgan fingerprint density at radius 2 is 1.78 bits per heavy atom. The number of anilines is 1. The number of benzene rings is 2. The molecule has 2 aromatic rings. The van der Waals surface area contributed by atoms with E-state index in [1.165, 1.54) is 50.4 Å². The third kappa shape index (κ3) is 5.70. The van der Waals surface area contributed by atoms with Crippen molar-refractivity contribution < 1.29 is 28.2 Å². The molecule has 2 aromatic carbocycles. The Morgan fingerprint density at radius 1 is 1.04 bits per heavy atom. The number of hydrogen-bond acceptors (Lipinski definition) is 5. The Hall–Kier alpha value is -3.09. The fourth-order valence-corrected chi connectivity index (χ4v) is 2.24. The molecule has 0 saturated carbocycles. The minimum absolute atomic E-state index is 0.0526. The maximum absolute atomic E-state index is 13.2. The summed E-state index contributed by atoms with van der Waals surface area (Å²) in [7, 11) is 1.46. The maximum atomic E-state index is 13.2. The number of halogens is 1. The van der Waals surface area contributed by atoms with Crippen molar-refractivity contribution in [2.75, 3.05) is 12.4 Å². The minimum Gasteiger partial charge on any atom is -0.493 e. The summed E-state index contributed by atoms with van der Waals surface area (Å²) < 4.78 is 29.2. The highest BCUT2D eigenvalue weighted by molar-refractivity contribution is 5.97. The van der Waals surface area contributed by atoms with Crippen LogP contribution in [0.4, 0.5) is 10.1 Å². The highest BCUT2D eigenvalue weighted by Crippen LogP contribution is 2.29. The van der Waals surface area contributed by atoms with E-state index in [2.05, 4.69) is 5.32 Å². The molecule has 7 heteroatoms. The minimum atomic E-state index is -1.07. The van der Waals surface area contributed by atoms with Gasteiger partial charge >= 0.3 is 5.97 Å². The maximum Gasteiger partial charge on any atom is 0.339 e. The Labute approximate surface area is 157 Å². The Kier molecular flexibility index (Phi) is 6.76. The molecule has 0 aromatic heterocycles. The summed E-state index contributed by atoms with van der Waals surface area (Å²) in [6, 6.07) is 10.1. The highest BCUT2D eigenvalue weighted by atomic mass is 19.1. The molecule has 0 fully saturated rings. The van der Waals surface area contributed by atoms with Gasteiger partial charge < -0.3 is 19.5 Å². The molecule has 6 nitrogen and oxygen atoms in total. The third-order valence-corrected chi connectivity index (χ3v) is 3.51. The first-order valence-electron chi connectivity index (χ1n) is 8.42. The van der Waals surface area contributed by atoms with E-state index < -0.39 is 23.8 Å². The molecular formula is C20H22FNO5. The van der Waals surface area contributed by atoms with E-state index in [0.29, 0.717) is 11.5 Å². The molecule has 0 aliphatic carbocycles. The van der Waals surface area contributed by atoms with Gasteiger partial charge in [-0.2, -0.15) is 0 Å². The summed E-state index contributed by atoms with van der Waals surface area (Å²) in [4.78, 5) is 24.4. The molecular weight excluding hydrogens is 353 g/mol. The Bertz CT molecular complexity index is 822. The van der Waals surface area contributed by atoms with E-state index in [0.717, 1.165) is 0 Å². The van der Waals surface area contributed by atoms with Crippen LogP contribution in [0.2, 0.25) is 0 Å². The summed E-state index contributed by atoms with van der Waals surface area (Å²) in [6.07, 6.45) is -1.12. The zero-order chi connectivity index (χ0) is 20.0. The molecule has 1 N–H and O–H groups in total. The van der Waals surface area contributed by atoms with Crippen LogP contribution in [-0.2, 0) is 9.53 Å². The average molecular weight is 375 g/mol. The molecule has 0 radical (unpaired) electrons. The first-order valence-corrected chi connectivity index (χ1v) is 8.42. The summed E-state index contributed by atoms with van der Waals surface area (Å²) in [6.45, 7) is 5.18. The molecule has 144 valence electrons. The SMILES string of the molecule is COc1cc(C(=O)OC(C)C(=O)Nc2cccc(F)c2)ccc1OC(C)C. The standard InChI is InChI=1S/C20H22FNO5/c1-12(2)26-17-9-8-14(10-18(17)25-4)20(24)27-13(3)19(23)22-16-7-5-6-15(21)11-16/h5-13H,1-4H3,(H,22,23). The third-order valence-electron chi connectivity index (χ3n) is 3.51. The lowest BCUT2D eigenvalue weighted by Gasteiger charge is -2.16. The summed E-state index contributed by atoms with van der Waals surface area (Å²) in [5.41, 5.74) is 0.494. The van der Waals surface area contributed by atoms with Crippen LogP contribution < -0.4 is 14.8 Å². The summed E-state index contributed by atoms with van der Waals surface area (Å²) in [5, 5.41) is 2.49. The quantitative estimate of drug-likeness (QED) is 0.745. The van der Waals surface area contributed by atoms with Gasteiger partial charge in [0.15, 0.2) is 17.6 Å². The molecule has 0 spiro atoms.